The Morgan fingerprint density at radius 3 is 2.43 bits per heavy atom. The van der Waals surface area contributed by atoms with Gasteiger partial charge in [0.1, 0.15) is 18.8 Å². The average Bonchev–Trinajstić information content (AvgIpc) is 2.51. The molecule has 0 heterocycles. The summed E-state index contributed by atoms with van der Waals surface area (Å²) in [6.45, 7) is 2.60. The van der Waals surface area contributed by atoms with Crippen molar-refractivity contribution in [2.24, 2.45) is 5.11 Å². The fraction of sp³-hybridized carbons (Fsp3) is 0.467. The number of ether oxygens (including phenoxy) is 3. The van der Waals surface area contributed by atoms with Gasteiger partial charge in [-0.25, -0.2) is 0 Å². The minimum absolute atomic E-state index is 0.0260. The second-order valence-corrected chi connectivity index (χ2v) is 4.72. The molecule has 1 aromatic carbocycles. The SMILES string of the molecule is CC(=O)OC[C@H](OC(C)=O)[C@@H](COCc1ccccc1)N=[N+]=[N-]. The summed E-state index contributed by atoms with van der Waals surface area (Å²) in [5, 5.41) is 3.57. The number of nitrogens with zero attached hydrogens (tertiary/aromatic N) is 3. The number of hydrogen-bond donors (Lipinski definition) is 0. The van der Waals surface area contributed by atoms with Crippen LogP contribution in [0.2, 0.25) is 0 Å². The molecule has 8 nitrogen and oxygen atoms in total. The molecule has 124 valence electrons. The van der Waals surface area contributed by atoms with Crippen molar-refractivity contribution in [1.29, 1.82) is 0 Å². The van der Waals surface area contributed by atoms with Gasteiger partial charge in [0.25, 0.3) is 0 Å². The highest BCUT2D eigenvalue weighted by molar-refractivity contribution is 5.67. The number of esters is 2. The zero-order valence-electron chi connectivity index (χ0n) is 13.0. The van der Waals surface area contributed by atoms with Gasteiger partial charge in [0.05, 0.1) is 13.2 Å². The Kier molecular flexibility index (Phi) is 8.20. The van der Waals surface area contributed by atoms with E-state index >= 15 is 0 Å². The minimum atomic E-state index is -0.900. The van der Waals surface area contributed by atoms with Crippen molar-refractivity contribution in [3.8, 4) is 0 Å². The largest absolute Gasteiger partial charge is 0.462 e. The number of hydrogen-bond acceptors (Lipinski definition) is 6. The zero-order chi connectivity index (χ0) is 17.1. The lowest BCUT2D eigenvalue weighted by atomic mass is 10.2. The highest BCUT2D eigenvalue weighted by Gasteiger charge is 2.25. The lowest BCUT2D eigenvalue weighted by Gasteiger charge is -2.22. The first kappa shape index (κ1) is 18.5. The maximum absolute atomic E-state index is 11.2. The lowest BCUT2D eigenvalue weighted by Crippen LogP contribution is -2.37. The van der Waals surface area contributed by atoms with Gasteiger partial charge in [0, 0.05) is 18.8 Å². The summed E-state index contributed by atoms with van der Waals surface area (Å²) in [4.78, 5) is 24.8. The molecule has 1 aromatic rings. The maximum Gasteiger partial charge on any atom is 0.303 e. The molecule has 0 aliphatic carbocycles. The van der Waals surface area contributed by atoms with Crippen molar-refractivity contribution >= 4 is 11.9 Å². The maximum atomic E-state index is 11.2. The normalized spacial score (nSPS) is 12.6. The summed E-state index contributed by atoms with van der Waals surface area (Å²) in [5.41, 5.74) is 9.62. The second kappa shape index (κ2) is 10.2. The molecule has 0 N–H and O–H groups in total. The van der Waals surface area contributed by atoms with E-state index in [4.69, 9.17) is 19.7 Å². The van der Waals surface area contributed by atoms with Gasteiger partial charge < -0.3 is 14.2 Å². The highest BCUT2D eigenvalue weighted by atomic mass is 16.6. The van der Waals surface area contributed by atoms with E-state index in [1.165, 1.54) is 13.8 Å². The van der Waals surface area contributed by atoms with Crippen molar-refractivity contribution < 1.29 is 23.8 Å². The third-order valence-corrected chi connectivity index (χ3v) is 2.80. The summed E-state index contributed by atoms with van der Waals surface area (Å²) in [6, 6.07) is 8.64. The van der Waals surface area contributed by atoms with Gasteiger partial charge in [0.2, 0.25) is 0 Å². The average molecular weight is 321 g/mol. The number of azide groups is 1. The topological polar surface area (TPSA) is 111 Å². The van der Waals surface area contributed by atoms with Crippen LogP contribution in [0.4, 0.5) is 0 Å². The molecule has 0 spiro atoms. The van der Waals surface area contributed by atoms with Gasteiger partial charge >= 0.3 is 11.9 Å². The summed E-state index contributed by atoms with van der Waals surface area (Å²) < 4.78 is 15.4. The molecule has 0 saturated carbocycles. The van der Waals surface area contributed by atoms with E-state index < -0.39 is 24.1 Å². The minimum Gasteiger partial charge on any atom is -0.462 e. The molecule has 1 rings (SSSR count). The van der Waals surface area contributed by atoms with Gasteiger partial charge in [-0.05, 0) is 11.1 Å². The molecule has 0 fully saturated rings. The smallest absolute Gasteiger partial charge is 0.303 e. The molecule has 0 aromatic heterocycles. The predicted octanol–water partition coefficient (Wildman–Crippen LogP) is 2.38. The van der Waals surface area contributed by atoms with E-state index in [1.54, 1.807) is 0 Å². The van der Waals surface area contributed by atoms with Crippen LogP contribution >= 0.6 is 0 Å². The first-order valence-corrected chi connectivity index (χ1v) is 6.99. The lowest BCUT2D eigenvalue weighted by molar-refractivity contribution is -0.158. The monoisotopic (exact) mass is 321 g/mol. The van der Waals surface area contributed by atoms with E-state index in [9.17, 15) is 9.59 Å². The number of rotatable bonds is 9. The van der Waals surface area contributed by atoms with E-state index in [2.05, 4.69) is 10.0 Å². The number of carbonyl (C=O) groups is 2. The summed E-state index contributed by atoms with van der Waals surface area (Å²) in [6.07, 6.45) is -0.900. The Morgan fingerprint density at radius 1 is 1.17 bits per heavy atom. The van der Waals surface area contributed by atoms with E-state index in [0.29, 0.717) is 6.61 Å². The van der Waals surface area contributed by atoms with Crippen molar-refractivity contribution in [3.63, 3.8) is 0 Å². The molecule has 0 saturated heterocycles. The fourth-order valence-electron chi connectivity index (χ4n) is 1.79. The molecule has 23 heavy (non-hydrogen) atoms. The fourth-order valence-corrected chi connectivity index (χ4v) is 1.79. The van der Waals surface area contributed by atoms with Crippen LogP contribution in [-0.4, -0.2) is 37.3 Å². The summed E-state index contributed by atoms with van der Waals surface area (Å²) >= 11 is 0. The third-order valence-electron chi connectivity index (χ3n) is 2.80. The summed E-state index contributed by atoms with van der Waals surface area (Å²) in [7, 11) is 0. The van der Waals surface area contributed by atoms with E-state index in [0.717, 1.165) is 5.56 Å². The summed E-state index contributed by atoms with van der Waals surface area (Å²) in [5.74, 6) is -1.09. The zero-order valence-corrected chi connectivity index (χ0v) is 13.0. The van der Waals surface area contributed by atoms with Gasteiger partial charge in [-0.15, -0.1) is 0 Å². The van der Waals surface area contributed by atoms with Crippen LogP contribution in [0.5, 0.6) is 0 Å². The van der Waals surface area contributed by atoms with Crippen molar-refractivity contribution in [2.75, 3.05) is 13.2 Å². The molecule has 0 aliphatic rings. The molecule has 0 unspecified atom stereocenters. The van der Waals surface area contributed by atoms with Crippen LogP contribution in [0.25, 0.3) is 10.4 Å². The van der Waals surface area contributed by atoms with Crippen LogP contribution in [-0.2, 0) is 30.4 Å². The first-order valence-electron chi connectivity index (χ1n) is 6.99. The molecule has 2 atom stereocenters. The van der Waals surface area contributed by atoms with Crippen molar-refractivity contribution in [3.05, 3.63) is 46.3 Å². The van der Waals surface area contributed by atoms with Gasteiger partial charge in [0.15, 0.2) is 0 Å². The molecule has 0 radical (unpaired) electrons. The Bertz CT molecular complexity index is 557. The number of carbonyl (C=O) groups excluding carboxylic acids is 2. The standard InChI is InChI=1S/C15H19N3O5/c1-11(19)22-10-15(23-12(2)20)14(17-18-16)9-21-8-13-6-4-3-5-7-13/h3-7,14-15H,8-10H2,1-2H3/t14-,15+/m1/s1. The van der Waals surface area contributed by atoms with Crippen LogP contribution in [0.15, 0.2) is 35.4 Å². The van der Waals surface area contributed by atoms with Crippen LogP contribution in [0.1, 0.15) is 19.4 Å². The molecule has 8 heteroatoms. The van der Waals surface area contributed by atoms with Gasteiger partial charge in [-0.3, -0.25) is 9.59 Å². The van der Waals surface area contributed by atoms with E-state index in [1.807, 2.05) is 30.3 Å². The van der Waals surface area contributed by atoms with Crippen molar-refractivity contribution in [2.45, 2.75) is 32.6 Å². The molecular weight excluding hydrogens is 302 g/mol. The third kappa shape index (κ3) is 7.85. The van der Waals surface area contributed by atoms with Crippen LogP contribution in [0.3, 0.4) is 0 Å². The highest BCUT2D eigenvalue weighted by Crippen LogP contribution is 2.10. The molecule has 0 amide bonds. The van der Waals surface area contributed by atoms with Gasteiger partial charge in [-0.2, -0.15) is 0 Å². The second-order valence-electron chi connectivity index (χ2n) is 4.72. The Balaban J connectivity index is 2.64. The molecule has 0 bridgehead atoms. The van der Waals surface area contributed by atoms with Crippen LogP contribution in [0, 0.1) is 0 Å². The van der Waals surface area contributed by atoms with Crippen molar-refractivity contribution in [1.82, 2.24) is 0 Å². The number of benzene rings is 1. The Labute approximate surface area is 134 Å². The van der Waals surface area contributed by atoms with Gasteiger partial charge in [-0.1, -0.05) is 35.4 Å². The Hall–Kier alpha value is -2.57. The molecule has 0 aliphatic heterocycles. The molecular formula is C15H19N3O5. The quantitative estimate of drug-likeness (QED) is 0.300. The first-order chi connectivity index (χ1) is 11.0. The Morgan fingerprint density at radius 2 is 1.87 bits per heavy atom. The van der Waals surface area contributed by atoms with Crippen LogP contribution < -0.4 is 0 Å². The predicted molar refractivity (Wildman–Crippen MR) is 81.2 cm³/mol. The van der Waals surface area contributed by atoms with E-state index in [-0.39, 0.29) is 13.2 Å².